The molecule has 0 saturated carbocycles. The Balaban J connectivity index is 0.000000184. The van der Waals surface area contributed by atoms with Crippen LogP contribution >= 0.6 is 0 Å². The topological polar surface area (TPSA) is 0 Å². The predicted molar refractivity (Wildman–Crippen MR) is 185 cm³/mol. The average Bonchev–Trinajstić information content (AvgIpc) is 3.62. The standard InChI is InChI=1S/2C20H15.2CH3.Hf/c2*1-3-10-19-15(6-1)8-5-9-17(19)14-18-13-12-16-7-2-4-11-20(16)18;;;/h2*1-13H,14H2;2*1H3;/q4*-1;+4. The largest absolute Gasteiger partial charge is 4.00 e. The second-order valence-corrected chi connectivity index (χ2v) is 10.5. The molecule has 0 radical (unpaired) electrons. The van der Waals surface area contributed by atoms with Crippen LogP contribution in [0.2, 0.25) is 0 Å². The van der Waals surface area contributed by atoms with Crippen molar-refractivity contribution in [3.8, 4) is 0 Å². The molecule has 208 valence electrons. The van der Waals surface area contributed by atoms with Crippen LogP contribution in [0.3, 0.4) is 0 Å². The molecule has 1 heteroatoms. The summed E-state index contributed by atoms with van der Waals surface area (Å²) >= 11 is 0. The molecule has 0 unspecified atom stereocenters. The SMILES string of the molecule is [CH3-].[CH3-].[Hf+4].c1ccc2c(C[c-]3ccc4ccccc43)cccc2c1.c1ccc2c(C[c-]3ccc4ccccc43)cccc2c1. The predicted octanol–water partition coefficient (Wildman–Crippen LogP) is 11.5. The van der Waals surface area contributed by atoms with Crippen molar-refractivity contribution < 1.29 is 25.8 Å². The molecule has 0 aliphatic carbocycles. The fourth-order valence-electron chi connectivity index (χ4n) is 6.04. The molecule has 8 rings (SSSR count). The Morgan fingerprint density at radius 2 is 0.698 bits per heavy atom. The summed E-state index contributed by atoms with van der Waals surface area (Å²) in [5, 5.41) is 10.8. The maximum atomic E-state index is 2.26. The fraction of sp³-hybridized carbons (Fsp3) is 0.0476. The van der Waals surface area contributed by atoms with Crippen LogP contribution in [0.5, 0.6) is 0 Å². The molecule has 8 aromatic rings. The second-order valence-electron chi connectivity index (χ2n) is 10.5. The van der Waals surface area contributed by atoms with Crippen molar-refractivity contribution in [3.63, 3.8) is 0 Å². The zero-order chi connectivity index (χ0) is 26.7. The minimum Gasteiger partial charge on any atom is -0.358 e. The number of benzene rings is 6. The van der Waals surface area contributed by atoms with E-state index in [0.717, 1.165) is 12.8 Å². The Labute approximate surface area is 275 Å². The van der Waals surface area contributed by atoms with Gasteiger partial charge in [-0.15, -0.1) is 81.2 Å². The van der Waals surface area contributed by atoms with Gasteiger partial charge in [0.25, 0.3) is 0 Å². The molecule has 0 aliphatic rings. The van der Waals surface area contributed by atoms with Gasteiger partial charge in [0.05, 0.1) is 0 Å². The van der Waals surface area contributed by atoms with Gasteiger partial charge in [0, 0.05) is 0 Å². The Hall–Kier alpha value is -4.07. The van der Waals surface area contributed by atoms with Crippen LogP contribution in [0.1, 0.15) is 22.3 Å². The molecule has 0 bridgehead atoms. The van der Waals surface area contributed by atoms with E-state index in [1.54, 1.807) is 0 Å². The molecule has 0 nitrogen and oxygen atoms in total. The van der Waals surface area contributed by atoms with Crippen LogP contribution in [0.15, 0.2) is 158 Å². The van der Waals surface area contributed by atoms with Gasteiger partial charge in [-0.05, 0) is 45.5 Å². The van der Waals surface area contributed by atoms with Gasteiger partial charge in [-0.3, -0.25) is 0 Å². The van der Waals surface area contributed by atoms with Gasteiger partial charge < -0.3 is 14.9 Å². The first-order valence-electron chi connectivity index (χ1n) is 14.0. The van der Waals surface area contributed by atoms with Gasteiger partial charge in [-0.1, -0.05) is 97.1 Å². The maximum absolute atomic E-state index is 2.26. The van der Waals surface area contributed by atoms with Gasteiger partial charge in [-0.2, -0.15) is 12.1 Å². The van der Waals surface area contributed by atoms with Crippen LogP contribution in [-0.4, -0.2) is 0 Å². The number of hydrogen-bond acceptors (Lipinski definition) is 0. The van der Waals surface area contributed by atoms with E-state index < -0.39 is 0 Å². The molecular formula is C42H36Hf. The summed E-state index contributed by atoms with van der Waals surface area (Å²) in [6, 6.07) is 56.6. The van der Waals surface area contributed by atoms with Crippen molar-refractivity contribution in [3.05, 3.63) is 195 Å². The number of rotatable bonds is 4. The first-order valence-corrected chi connectivity index (χ1v) is 14.0. The molecule has 0 N–H and O–H groups in total. The summed E-state index contributed by atoms with van der Waals surface area (Å²) in [6.07, 6.45) is 1.99. The molecule has 43 heavy (non-hydrogen) atoms. The van der Waals surface area contributed by atoms with Crippen LogP contribution in [0.25, 0.3) is 43.1 Å². The summed E-state index contributed by atoms with van der Waals surface area (Å²) in [4.78, 5) is 0. The monoisotopic (exact) mass is 720 g/mol. The van der Waals surface area contributed by atoms with E-state index in [9.17, 15) is 0 Å². The molecule has 0 aromatic heterocycles. The molecule has 0 fully saturated rings. The van der Waals surface area contributed by atoms with E-state index in [0.29, 0.717) is 0 Å². The van der Waals surface area contributed by atoms with Gasteiger partial charge in [0.15, 0.2) is 0 Å². The minimum atomic E-state index is 0. The van der Waals surface area contributed by atoms with Crippen molar-refractivity contribution in [2.45, 2.75) is 12.8 Å². The van der Waals surface area contributed by atoms with Gasteiger partial charge in [0.1, 0.15) is 0 Å². The van der Waals surface area contributed by atoms with Crippen LogP contribution < -0.4 is 0 Å². The van der Waals surface area contributed by atoms with Gasteiger partial charge >= 0.3 is 25.8 Å². The third-order valence-corrected chi connectivity index (χ3v) is 8.06. The van der Waals surface area contributed by atoms with E-state index in [2.05, 4.69) is 158 Å². The Morgan fingerprint density at radius 3 is 1.14 bits per heavy atom. The summed E-state index contributed by atoms with van der Waals surface area (Å²) < 4.78 is 0. The molecule has 0 spiro atoms. The minimum absolute atomic E-state index is 0. The van der Waals surface area contributed by atoms with Crippen molar-refractivity contribution in [2.24, 2.45) is 0 Å². The Kier molecular flexibility index (Phi) is 10.7. The molecule has 0 saturated heterocycles. The van der Waals surface area contributed by atoms with E-state index in [1.807, 2.05) is 0 Å². The van der Waals surface area contributed by atoms with Crippen LogP contribution in [-0.2, 0) is 38.7 Å². The molecule has 0 atom stereocenters. The molecule has 0 aliphatic heterocycles. The van der Waals surface area contributed by atoms with Crippen LogP contribution in [0.4, 0.5) is 0 Å². The van der Waals surface area contributed by atoms with Gasteiger partial charge in [-0.25, -0.2) is 0 Å². The zero-order valence-electron chi connectivity index (χ0n) is 24.9. The van der Waals surface area contributed by atoms with Crippen molar-refractivity contribution >= 4 is 43.1 Å². The molecule has 0 amide bonds. The third kappa shape index (κ3) is 6.63. The Bertz CT molecular complexity index is 1910. The van der Waals surface area contributed by atoms with E-state index in [1.165, 1.54) is 65.3 Å². The average molecular weight is 719 g/mol. The van der Waals surface area contributed by atoms with E-state index in [-0.39, 0.29) is 40.7 Å². The van der Waals surface area contributed by atoms with E-state index in [4.69, 9.17) is 0 Å². The first kappa shape index (κ1) is 31.9. The summed E-state index contributed by atoms with van der Waals surface area (Å²) in [6.45, 7) is 0. The summed E-state index contributed by atoms with van der Waals surface area (Å²) in [5.74, 6) is 0. The van der Waals surface area contributed by atoms with Crippen molar-refractivity contribution in [1.82, 2.24) is 0 Å². The van der Waals surface area contributed by atoms with Crippen molar-refractivity contribution in [2.75, 3.05) is 0 Å². The molecular weight excluding hydrogens is 683 g/mol. The number of hydrogen-bond donors (Lipinski definition) is 0. The van der Waals surface area contributed by atoms with Crippen molar-refractivity contribution in [1.29, 1.82) is 0 Å². The molecule has 0 heterocycles. The fourth-order valence-corrected chi connectivity index (χ4v) is 6.04. The maximum Gasteiger partial charge on any atom is 4.00 e. The van der Waals surface area contributed by atoms with Crippen LogP contribution in [0, 0.1) is 14.9 Å². The third-order valence-electron chi connectivity index (χ3n) is 8.06. The normalized spacial score (nSPS) is 10.4. The van der Waals surface area contributed by atoms with Gasteiger partial charge in [0.2, 0.25) is 0 Å². The molecule has 8 aromatic carbocycles. The first-order chi connectivity index (χ1) is 19.8. The smallest absolute Gasteiger partial charge is 0.358 e. The number of fused-ring (bicyclic) bond motifs is 4. The van der Waals surface area contributed by atoms with E-state index >= 15 is 0 Å². The Morgan fingerprint density at radius 1 is 0.349 bits per heavy atom. The second kappa shape index (κ2) is 14.4. The summed E-state index contributed by atoms with van der Waals surface area (Å²) in [5.41, 5.74) is 5.63. The summed E-state index contributed by atoms with van der Waals surface area (Å²) in [7, 11) is 0. The zero-order valence-corrected chi connectivity index (χ0v) is 28.5. The quantitative estimate of drug-likeness (QED) is 0.126.